The maximum atomic E-state index is 13.9. The molecule has 0 spiro atoms. The molecule has 2 unspecified atom stereocenters. The van der Waals surface area contributed by atoms with Crippen molar-refractivity contribution in [3.05, 3.63) is 59.4 Å². The van der Waals surface area contributed by atoms with Crippen LogP contribution in [0.5, 0.6) is 11.5 Å². The fourth-order valence-corrected chi connectivity index (χ4v) is 2.34. The van der Waals surface area contributed by atoms with Crippen LogP contribution in [0.3, 0.4) is 0 Å². The van der Waals surface area contributed by atoms with E-state index in [1.165, 1.54) is 6.07 Å². The molecule has 2 rings (SSSR count). The summed E-state index contributed by atoms with van der Waals surface area (Å²) in [6.45, 7) is 3.91. The lowest BCUT2D eigenvalue weighted by atomic mass is 10.0. The summed E-state index contributed by atoms with van der Waals surface area (Å²) in [6, 6.07) is 11.9. The van der Waals surface area contributed by atoms with Crippen LogP contribution >= 0.6 is 0 Å². The van der Waals surface area contributed by atoms with Crippen LogP contribution in [-0.2, 0) is 0 Å². The summed E-state index contributed by atoms with van der Waals surface area (Å²) in [7, 11) is 1.63. The van der Waals surface area contributed by atoms with Crippen LogP contribution in [0.1, 0.15) is 37.1 Å². The van der Waals surface area contributed by atoms with Crippen LogP contribution in [0.25, 0.3) is 0 Å². The first-order valence-corrected chi connectivity index (χ1v) is 6.89. The van der Waals surface area contributed by atoms with Gasteiger partial charge in [-0.15, -0.1) is 0 Å². The SMILES string of the molecule is COc1cccc(C(C)NC(C)c2ccc(O)cc2F)c1. The highest BCUT2D eigenvalue weighted by molar-refractivity contribution is 5.32. The minimum Gasteiger partial charge on any atom is -0.508 e. The molecule has 4 heteroatoms. The van der Waals surface area contributed by atoms with E-state index in [1.807, 2.05) is 38.1 Å². The number of methoxy groups -OCH3 is 1. The Morgan fingerprint density at radius 1 is 1.10 bits per heavy atom. The van der Waals surface area contributed by atoms with E-state index < -0.39 is 5.82 Å². The third kappa shape index (κ3) is 3.73. The molecule has 0 saturated heterocycles. The Labute approximate surface area is 124 Å². The van der Waals surface area contributed by atoms with Crippen molar-refractivity contribution in [3.8, 4) is 11.5 Å². The minimum atomic E-state index is -0.409. The summed E-state index contributed by atoms with van der Waals surface area (Å²) in [5, 5.41) is 12.6. The molecule has 0 radical (unpaired) electrons. The van der Waals surface area contributed by atoms with Crippen molar-refractivity contribution in [1.82, 2.24) is 5.32 Å². The van der Waals surface area contributed by atoms with Gasteiger partial charge in [0.15, 0.2) is 0 Å². The molecule has 21 heavy (non-hydrogen) atoms. The third-order valence-electron chi connectivity index (χ3n) is 3.54. The van der Waals surface area contributed by atoms with Crippen LogP contribution in [0, 0.1) is 5.82 Å². The lowest BCUT2D eigenvalue weighted by Gasteiger charge is -2.21. The molecule has 112 valence electrons. The molecule has 0 saturated carbocycles. The second-order valence-corrected chi connectivity index (χ2v) is 5.09. The van der Waals surface area contributed by atoms with Gasteiger partial charge in [-0.05, 0) is 37.6 Å². The van der Waals surface area contributed by atoms with E-state index in [0.717, 1.165) is 17.4 Å². The summed E-state index contributed by atoms with van der Waals surface area (Å²) >= 11 is 0. The van der Waals surface area contributed by atoms with Gasteiger partial charge >= 0.3 is 0 Å². The summed E-state index contributed by atoms with van der Waals surface area (Å²) in [4.78, 5) is 0. The molecule has 2 atom stereocenters. The van der Waals surface area contributed by atoms with E-state index in [9.17, 15) is 9.50 Å². The Hall–Kier alpha value is -2.07. The molecule has 0 aliphatic rings. The highest BCUT2D eigenvalue weighted by Gasteiger charge is 2.15. The van der Waals surface area contributed by atoms with Crippen molar-refractivity contribution >= 4 is 0 Å². The lowest BCUT2D eigenvalue weighted by Crippen LogP contribution is -2.23. The minimum absolute atomic E-state index is 0.0447. The molecular formula is C17H20FNO2. The van der Waals surface area contributed by atoms with Gasteiger partial charge < -0.3 is 15.2 Å². The Morgan fingerprint density at radius 3 is 2.52 bits per heavy atom. The normalized spacial score (nSPS) is 13.7. The van der Waals surface area contributed by atoms with Crippen molar-refractivity contribution < 1.29 is 14.2 Å². The van der Waals surface area contributed by atoms with Gasteiger partial charge in [0, 0.05) is 23.7 Å². The van der Waals surface area contributed by atoms with Crippen molar-refractivity contribution in [2.24, 2.45) is 0 Å². The summed E-state index contributed by atoms with van der Waals surface area (Å²) < 4.78 is 19.1. The van der Waals surface area contributed by atoms with E-state index in [1.54, 1.807) is 13.2 Å². The number of hydrogen-bond acceptors (Lipinski definition) is 3. The van der Waals surface area contributed by atoms with Crippen LogP contribution in [0.15, 0.2) is 42.5 Å². The molecule has 0 bridgehead atoms. The van der Waals surface area contributed by atoms with Gasteiger partial charge in [-0.1, -0.05) is 18.2 Å². The number of phenols is 1. The van der Waals surface area contributed by atoms with Crippen LogP contribution in [0.2, 0.25) is 0 Å². The van der Waals surface area contributed by atoms with Crippen molar-refractivity contribution in [2.75, 3.05) is 7.11 Å². The predicted octanol–water partition coefficient (Wildman–Crippen LogP) is 3.95. The Bertz CT molecular complexity index is 615. The van der Waals surface area contributed by atoms with Gasteiger partial charge in [0.1, 0.15) is 17.3 Å². The third-order valence-corrected chi connectivity index (χ3v) is 3.54. The van der Waals surface area contributed by atoms with Gasteiger partial charge in [-0.25, -0.2) is 4.39 Å². The van der Waals surface area contributed by atoms with E-state index in [4.69, 9.17) is 4.74 Å². The molecule has 0 fully saturated rings. The quantitative estimate of drug-likeness (QED) is 0.875. The highest BCUT2D eigenvalue weighted by Crippen LogP contribution is 2.25. The van der Waals surface area contributed by atoms with Crippen LogP contribution in [0.4, 0.5) is 4.39 Å². The van der Waals surface area contributed by atoms with Gasteiger partial charge in [-0.3, -0.25) is 0 Å². The molecule has 0 aromatic heterocycles. The molecule has 3 nitrogen and oxygen atoms in total. The second kappa shape index (κ2) is 6.59. The van der Waals surface area contributed by atoms with Gasteiger partial charge in [0.25, 0.3) is 0 Å². The van der Waals surface area contributed by atoms with Crippen LogP contribution in [-0.4, -0.2) is 12.2 Å². The number of halogens is 1. The smallest absolute Gasteiger partial charge is 0.131 e. The molecule has 0 aliphatic heterocycles. The molecule has 2 aromatic carbocycles. The second-order valence-electron chi connectivity index (χ2n) is 5.09. The number of rotatable bonds is 5. The lowest BCUT2D eigenvalue weighted by molar-refractivity contribution is 0.412. The Morgan fingerprint density at radius 2 is 1.86 bits per heavy atom. The fourth-order valence-electron chi connectivity index (χ4n) is 2.34. The summed E-state index contributed by atoms with van der Waals surface area (Å²) in [5.74, 6) is 0.321. The average molecular weight is 289 g/mol. The first kappa shape index (κ1) is 15.3. The van der Waals surface area contributed by atoms with Gasteiger partial charge in [0.05, 0.1) is 7.11 Å². The monoisotopic (exact) mass is 289 g/mol. The van der Waals surface area contributed by atoms with E-state index >= 15 is 0 Å². The first-order chi connectivity index (χ1) is 10.0. The number of ether oxygens (including phenoxy) is 1. The predicted molar refractivity (Wildman–Crippen MR) is 81.0 cm³/mol. The first-order valence-electron chi connectivity index (χ1n) is 6.89. The van der Waals surface area contributed by atoms with Gasteiger partial charge in [0.2, 0.25) is 0 Å². The molecule has 0 amide bonds. The summed E-state index contributed by atoms with van der Waals surface area (Å²) in [5.41, 5.74) is 1.60. The van der Waals surface area contributed by atoms with Crippen molar-refractivity contribution in [2.45, 2.75) is 25.9 Å². The summed E-state index contributed by atoms with van der Waals surface area (Å²) in [6.07, 6.45) is 0. The zero-order valence-corrected chi connectivity index (χ0v) is 12.4. The number of benzene rings is 2. The van der Waals surface area contributed by atoms with Crippen molar-refractivity contribution in [1.29, 1.82) is 0 Å². The van der Waals surface area contributed by atoms with Gasteiger partial charge in [-0.2, -0.15) is 0 Å². The Kier molecular flexibility index (Phi) is 4.81. The fraction of sp³-hybridized carbons (Fsp3) is 0.294. The molecule has 2 N–H and O–H groups in total. The zero-order valence-electron chi connectivity index (χ0n) is 12.4. The number of hydrogen-bond donors (Lipinski definition) is 2. The molecule has 0 aliphatic carbocycles. The van der Waals surface area contributed by atoms with E-state index in [-0.39, 0.29) is 17.8 Å². The highest BCUT2D eigenvalue weighted by atomic mass is 19.1. The standard InChI is InChI=1S/C17H20FNO2/c1-11(13-5-4-6-15(9-13)21-3)19-12(2)16-8-7-14(20)10-17(16)18/h4-12,19-20H,1-3H3. The number of aromatic hydroxyl groups is 1. The molecule has 0 heterocycles. The number of phenolic OH excluding ortho intramolecular Hbond substituents is 1. The average Bonchev–Trinajstić information content (AvgIpc) is 2.47. The Balaban J connectivity index is 2.12. The molecular weight excluding hydrogens is 269 g/mol. The maximum Gasteiger partial charge on any atom is 0.131 e. The maximum absolute atomic E-state index is 13.9. The van der Waals surface area contributed by atoms with Crippen molar-refractivity contribution in [3.63, 3.8) is 0 Å². The largest absolute Gasteiger partial charge is 0.508 e. The van der Waals surface area contributed by atoms with E-state index in [0.29, 0.717) is 5.56 Å². The van der Waals surface area contributed by atoms with E-state index in [2.05, 4.69) is 5.32 Å². The number of nitrogens with one attached hydrogen (secondary N) is 1. The zero-order chi connectivity index (χ0) is 15.4. The van der Waals surface area contributed by atoms with Crippen LogP contribution < -0.4 is 10.1 Å². The molecule has 2 aromatic rings. The topological polar surface area (TPSA) is 41.5 Å².